The molecule has 0 spiro atoms. The van der Waals surface area contributed by atoms with Crippen molar-refractivity contribution in [2.24, 2.45) is 0 Å². The number of rotatable bonds is 1. The minimum Gasteiger partial charge on any atom is -0.397 e. The lowest BCUT2D eigenvalue weighted by Gasteiger charge is -1.92. The Bertz CT molecular complexity index is 230. The molecule has 0 bridgehead atoms. The van der Waals surface area contributed by atoms with Crippen LogP contribution in [0.2, 0.25) is 0 Å². The number of nitrogens with two attached hydrogens (primary N) is 1. The quantitative estimate of drug-likeness (QED) is 0.687. The lowest BCUT2D eigenvalue weighted by Crippen LogP contribution is -1.92. The SMILES string of the molecule is Cl.Cl.Nc1cnccc1C=O. The van der Waals surface area contributed by atoms with Gasteiger partial charge in [-0.3, -0.25) is 9.78 Å². The van der Waals surface area contributed by atoms with Crippen LogP contribution in [0, 0.1) is 0 Å². The molecule has 0 aromatic carbocycles. The van der Waals surface area contributed by atoms with E-state index in [0.717, 1.165) is 0 Å². The third kappa shape index (κ3) is 3.20. The largest absolute Gasteiger partial charge is 0.397 e. The maximum atomic E-state index is 10.1. The summed E-state index contributed by atoms with van der Waals surface area (Å²) < 4.78 is 0. The number of carbonyl (C=O) groups is 1. The number of nitrogen functional groups attached to an aromatic ring is 1. The van der Waals surface area contributed by atoms with E-state index in [1.54, 1.807) is 6.07 Å². The zero-order valence-electron chi connectivity index (χ0n) is 5.56. The van der Waals surface area contributed by atoms with E-state index in [1.165, 1.54) is 12.4 Å². The van der Waals surface area contributed by atoms with E-state index in [0.29, 0.717) is 17.5 Å². The first-order valence-corrected chi connectivity index (χ1v) is 2.49. The Morgan fingerprint density at radius 2 is 2.09 bits per heavy atom. The van der Waals surface area contributed by atoms with Crippen molar-refractivity contribution >= 4 is 36.8 Å². The maximum Gasteiger partial charge on any atom is 0.152 e. The summed E-state index contributed by atoms with van der Waals surface area (Å²) in [4.78, 5) is 13.8. The third-order valence-electron chi connectivity index (χ3n) is 1.01. The van der Waals surface area contributed by atoms with Crippen molar-refractivity contribution in [2.75, 3.05) is 5.73 Å². The predicted octanol–water partition coefficient (Wildman–Crippen LogP) is 1.32. The van der Waals surface area contributed by atoms with Crippen LogP contribution in [0.15, 0.2) is 18.5 Å². The molecule has 0 aliphatic rings. The van der Waals surface area contributed by atoms with Gasteiger partial charge in [0.05, 0.1) is 11.9 Å². The van der Waals surface area contributed by atoms with E-state index in [9.17, 15) is 4.79 Å². The minimum absolute atomic E-state index is 0. The van der Waals surface area contributed by atoms with E-state index in [4.69, 9.17) is 5.73 Å². The number of nitrogens with zero attached hydrogens (tertiary/aromatic N) is 1. The Morgan fingerprint density at radius 3 is 2.45 bits per heavy atom. The van der Waals surface area contributed by atoms with Crippen molar-refractivity contribution in [3.8, 4) is 0 Å². The summed E-state index contributed by atoms with van der Waals surface area (Å²) in [5, 5.41) is 0. The second-order valence-electron chi connectivity index (χ2n) is 1.62. The van der Waals surface area contributed by atoms with Gasteiger partial charge >= 0.3 is 0 Å². The smallest absolute Gasteiger partial charge is 0.152 e. The Hall–Kier alpha value is -0.800. The van der Waals surface area contributed by atoms with Crippen LogP contribution in [0.1, 0.15) is 10.4 Å². The van der Waals surface area contributed by atoms with Gasteiger partial charge in [0.1, 0.15) is 0 Å². The molecule has 0 unspecified atom stereocenters. The molecule has 11 heavy (non-hydrogen) atoms. The van der Waals surface area contributed by atoms with Gasteiger partial charge in [-0.05, 0) is 6.07 Å². The molecule has 0 aliphatic carbocycles. The van der Waals surface area contributed by atoms with Crippen molar-refractivity contribution in [3.63, 3.8) is 0 Å². The van der Waals surface area contributed by atoms with Gasteiger partial charge < -0.3 is 5.73 Å². The van der Waals surface area contributed by atoms with Crippen LogP contribution in [0.4, 0.5) is 5.69 Å². The molecule has 1 aromatic rings. The van der Waals surface area contributed by atoms with Crippen LogP contribution in [-0.2, 0) is 0 Å². The van der Waals surface area contributed by atoms with Crippen molar-refractivity contribution in [1.82, 2.24) is 4.98 Å². The number of carbonyl (C=O) groups excluding carboxylic acids is 1. The monoisotopic (exact) mass is 194 g/mol. The van der Waals surface area contributed by atoms with Crippen LogP contribution in [-0.4, -0.2) is 11.3 Å². The van der Waals surface area contributed by atoms with Gasteiger partial charge in [-0.15, -0.1) is 24.8 Å². The summed E-state index contributed by atoms with van der Waals surface area (Å²) >= 11 is 0. The van der Waals surface area contributed by atoms with Crippen LogP contribution in [0.25, 0.3) is 0 Å². The van der Waals surface area contributed by atoms with Crippen LogP contribution >= 0.6 is 24.8 Å². The first kappa shape index (κ1) is 12.8. The zero-order valence-corrected chi connectivity index (χ0v) is 7.19. The number of aromatic nitrogens is 1. The molecule has 3 nitrogen and oxygen atoms in total. The number of hydrogen-bond donors (Lipinski definition) is 1. The van der Waals surface area contributed by atoms with Crippen LogP contribution in [0.3, 0.4) is 0 Å². The summed E-state index contributed by atoms with van der Waals surface area (Å²) in [5.74, 6) is 0. The highest BCUT2D eigenvalue weighted by molar-refractivity contribution is 5.85. The molecule has 0 saturated carbocycles. The number of halogens is 2. The lowest BCUT2D eigenvalue weighted by molar-refractivity contribution is 0.112. The number of aldehydes is 1. The van der Waals surface area contributed by atoms with E-state index >= 15 is 0 Å². The summed E-state index contributed by atoms with van der Waals surface area (Å²) in [6.45, 7) is 0. The van der Waals surface area contributed by atoms with Gasteiger partial charge in [-0.1, -0.05) is 0 Å². The molecule has 1 rings (SSSR count). The van der Waals surface area contributed by atoms with E-state index < -0.39 is 0 Å². The molecule has 5 heteroatoms. The molecule has 2 N–H and O–H groups in total. The van der Waals surface area contributed by atoms with E-state index in [-0.39, 0.29) is 24.8 Å². The first-order chi connectivity index (χ1) is 4.34. The molecule has 1 heterocycles. The number of hydrogen-bond acceptors (Lipinski definition) is 3. The Labute approximate surface area is 76.8 Å². The van der Waals surface area contributed by atoms with Gasteiger partial charge in [0, 0.05) is 11.8 Å². The van der Waals surface area contributed by atoms with Gasteiger partial charge in [-0.25, -0.2) is 0 Å². The molecule has 0 radical (unpaired) electrons. The fourth-order valence-electron chi connectivity index (χ4n) is 0.525. The second-order valence-corrected chi connectivity index (χ2v) is 1.62. The topological polar surface area (TPSA) is 56.0 Å². The van der Waals surface area contributed by atoms with E-state index in [1.807, 2.05) is 0 Å². The van der Waals surface area contributed by atoms with Gasteiger partial charge in [0.25, 0.3) is 0 Å². The zero-order chi connectivity index (χ0) is 6.69. The molecule has 0 saturated heterocycles. The third-order valence-corrected chi connectivity index (χ3v) is 1.01. The highest BCUT2D eigenvalue weighted by Gasteiger charge is 1.91. The number of anilines is 1. The maximum absolute atomic E-state index is 10.1. The first-order valence-electron chi connectivity index (χ1n) is 2.49. The van der Waals surface area contributed by atoms with Gasteiger partial charge in [0.2, 0.25) is 0 Å². The van der Waals surface area contributed by atoms with Crippen LogP contribution < -0.4 is 5.73 Å². The predicted molar refractivity (Wildman–Crippen MR) is 48.5 cm³/mol. The molecule has 0 atom stereocenters. The summed E-state index contributed by atoms with van der Waals surface area (Å²) in [7, 11) is 0. The Morgan fingerprint density at radius 1 is 1.45 bits per heavy atom. The molecule has 62 valence electrons. The normalized spacial score (nSPS) is 7.27. The average molecular weight is 195 g/mol. The van der Waals surface area contributed by atoms with Gasteiger partial charge in [0.15, 0.2) is 6.29 Å². The molecular weight excluding hydrogens is 187 g/mol. The molecule has 0 aliphatic heterocycles. The summed E-state index contributed by atoms with van der Waals surface area (Å²) in [5.41, 5.74) is 6.25. The Kier molecular flexibility index (Phi) is 6.94. The highest BCUT2D eigenvalue weighted by Crippen LogP contribution is 2.03. The van der Waals surface area contributed by atoms with Gasteiger partial charge in [-0.2, -0.15) is 0 Å². The molecule has 0 fully saturated rings. The fourth-order valence-corrected chi connectivity index (χ4v) is 0.525. The molecule has 1 aromatic heterocycles. The van der Waals surface area contributed by atoms with Crippen LogP contribution in [0.5, 0.6) is 0 Å². The number of pyridine rings is 1. The minimum atomic E-state index is 0. The van der Waals surface area contributed by atoms with Crippen molar-refractivity contribution in [2.45, 2.75) is 0 Å². The average Bonchev–Trinajstić information content (AvgIpc) is 1.89. The molecule has 0 amide bonds. The molecular formula is C6H8Cl2N2O. The second kappa shape index (κ2) is 5.95. The fraction of sp³-hybridized carbons (Fsp3) is 0. The Balaban J connectivity index is 0. The standard InChI is InChI=1S/C6H6N2O.2ClH/c7-6-3-8-2-1-5(6)4-9;;/h1-4H,7H2;2*1H. The lowest BCUT2D eigenvalue weighted by atomic mass is 10.2. The van der Waals surface area contributed by atoms with E-state index in [2.05, 4.69) is 4.98 Å². The van der Waals surface area contributed by atoms with Crippen molar-refractivity contribution < 1.29 is 4.79 Å². The summed E-state index contributed by atoms with van der Waals surface area (Å²) in [6.07, 6.45) is 3.68. The summed E-state index contributed by atoms with van der Waals surface area (Å²) in [6, 6.07) is 1.57. The van der Waals surface area contributed by atoms with Crippen molar-refractivity contribution in [3.05, 3.63) is 24.0 Å². The highest BCUT2D eigenvalue weighted by atomic mass is 35.5. The van der Waals surface area contributed by atoms with Crippen molar-refractivity contribution in [1.29, 1.82) is 0 Å².